The molecule has 1 heterocycles. The highest BCUT2D eigenvalue weighted by molar-refractivity contribution is 5.71. The summed E-state index contributed by atoms with van der Waals surface area (Å²) in [4.78, 5) is 0. The maximum Gasteiger partial charge on any atom is 0.196 e. The molecule has 0 aliphatic heterocycles. The Morgan fingerprint density at radius 2 is 2.11 bits per heavy atom. The minimum Gasteiger partial charge on any atom is -0.504 e. The van der Waals surface area contributed by atoms with Gasteiger partial charge in [0.1, 0.15) is 5.82 Å². The number of nitrogens with zero attached hydrogens (tertiary/aromatic N) is 2. The molecular weight excluding hydrogens is 237 g/mol. The van der Waals surface area contributed by atoms with Crippen LogP contribution in [0.15, 0.2) is 12.1 Å². The number of phenolic OH excluding ortho intramolecular Hbond substituents is 1. The van der Waals surface area contributed by atoms with Gasteiger partial charge in [0.15, 0.2) is 17.3 Å². The lowest BCUT2D eigenvalue weighted by Gasteiger charge is -2.10. The summed E-state index contributed by atoms with van der Waals surface area (Å²) >= 11 is 0. The summed E-state index contributed by atoms with van der Waals surface area (Å²) in [7, 11) is 2.99. The van der Waals surface area contributed by atoms with E-state index >= 15 is 0 Å². The van der Waals surface area contributed by atoms with Crippen LogP contribution in [0.4, 0.5) is 10.2 Å². The zero-order valence-electron chi connectivity index (χ0n) is 10.4. The van der Waals surface area contributed by atoms with Crippen LogP contribution in [-0.4, -0.2) is 22.0 Å². The molecule has 0 bridgehead atoms. The predicted octanol–water partition coefficient (Wildman–Crippen LogP) is 1.83. The lowest BCUT2D eigenvalue weighted by Crippen LogP contribution is -1.97. The van der Waals surface area contributed by atoms with Crippen LogP contribution in [0.5, 0.6) is 11.5 Å². The zero-order valence-corrected chi connectivity index (χ0v) is 10.4. The van der Waals surface area contributed by atoms with Gasteiger partial charge in [0.25, 0.3) is 0 Å². The Morgan fingerprint density at radius 1 is 1.44 bits per heavy atom. The van der Waals surface area contributed by atoms with Crippen LogP contribution in [0.1, 0.15) is 5.56 Å². The summed E-state index contributed by atoms with van der Waals surface area (Å²) in [5, 5.41) is 14.0. The molecule has 0 aliphatic carbocycles. The Labute approximate surface area is 104 Å². The van der Waals surface area contributed by atoms with Gasteiger partial charge in [0, 0.05) is 24.2 Å². The first kappa shape index (κ1) is 12.2. The molecular formula is C12H14FN3O2. The average Bonchev–Trinajstić information content (AvgIpc) is 2.65. The van der Waals surface area contributed by atoms with Crippen LogP contribution in [0.25, 0.3) is 11.3 Å². The van der Waals surface area contributed by atoms with Gasteiger partial charge in [-0.25, -0.2) is 4.39 Å². The number of ether oxygens (including phenoxy) is 1. The van der Waals surface area contributed by atoms with E-state index in [1.54, 1.807) is 20.0 Å². The molecule has 96 valence electrons. The van der Waals surface area contributed by atoms with E-state index in [1.165, 1.54) is 17.9 Å². The minimum atomic E-state index is -0.639. The van der Waals surface area contributed by atoms with E-state index < -0.39 is 5.82 Å². The first-order chi connectivity index (χ1) is 8.45. The fraction of sp³-hybridized carbons (Fsp3) is 0.250. The number of nitrogen functional groups attached to an aromatic ring is 1. The fourth-order valence-corrected chi connectivity index (χ4v) is 1.79. The van der Waals surface area contributed by atoms with Crippen LogP contribution in [0.3, 0.4) is 0 Å². The lowest BCUT2D eigenvalue weighted by atomic mass is 10.0. The number of hydrogen-bond donors (Lipinski definition) is 2. The second-order valence-electron chi connectivity index (χ2n) is 3.99. The van der Waals surface area contributed by atoms with Crippen LogP contribution in [0, 0.1) is 12.7 Å². The molecule has 3 N–H and O–H groups in total. The van der Waals surface area contributed by atoms with Crippen molar-refractivity contribution in [3.05, 3.63) is 23.5 Å². The summed E-state index contributed by atoms with van der Waals surface area (Å²) in [6, 6.07) is 2.89. The summed E-state index contributed by atoms with van der Waals surface area (Å²) in [6.45, 7) is 1.66. The van der Waals surface area contributed by atoms with E-state index in [9.17, 15) is 9.50 Å². The van der Waals surface area contributed by atoms with Gasteiger partial charge >= 0.3 is 0 Å². The Morgan fingerprint density at radius 3 is 2.61 bits per heavy atom. The van der Waals surface area contributed by atoms with Gasteiger partial charge in [-0.3, -0.25) is 4.68 Å². The van der Waals surface area contributed by atoms with Gasteiger partial charge in [-0.05, 0) is 13.0 Å². The molecule has 2 aromatic rings. The van der Waals surface area contributed by atoms with E-state index in [0.29, 0.717) is 22.6 Å². The van der Waals surface area contributed by atoms with Gasteiger partial charge in [-0.15, -0.1) is 0 Å². The molecule has 1 aromatic heterocycles. The molecule has 0 saturated heterocycles. The average molecular weight is 251 g/mol. The molecule has 0 amide bonds. The first-order valence-electron chi connectivity index (χ1n) is 5.31. The Kier molecular flexibility index (Phi) is 2.86. The molecule has 0 unspecified atom stereocenters. The number of benzene rings is 1. The predicted molar refractivity (Wildman–Crippen MR) is 66.0 cm³/mol. The number of hydrogen-bond acceptors (Lipinski definition) is 4. The summed E-state index contributed by atoms with van der Waals surface area (Å²) in [6.07, 6.45) is 0. The van der Waals surface area contributed by atoms with Gasteiger partial charge in [0.05, 0.1) is 12.8 Å². The smallest absolute Gasteiger partial charge is 0.196 e. The van der Waals surface area contributed by atoms with Crippen molar-refractivity contribution in [2.45, 2.75) is 6.92 Å². The maximum absolute atomic E-state index is 13.7. The molecule has 0 saturated carbocycles. The van der Waals surface area contributed by atoms with Gasteiger partial charge in [-0.2, -0.15) is 5.10 Å². The monoisotopic (exact) mass is 251 g/mol. The molecule has 0 spiro atoms. The van der Waals surface area contributed by atoms with Crippen molar-refractivity contribution < 1.29 is 14.2 Å². The zero-order chi connectivity index (χ0) is 13.4. The minimum absolute atomic E-state index is 0.167. The summed E-state index contributed by atoms with van der Waals surface area (Å²) in [5.74, 6) is -0.572. The van der Waals surface area contributed by atoms with Crippen molar-refractivity contribution in [1.82, 2.24) is 9.78 Å². The molecule has 18 heavy (non-hydrogen) atoms. The highest BCUT2D eigenvalue weighted by Gasteiger charge is 2.18. The second-order valence-corrected chi connectivity index (χ2v) is 3.99. The summed E-state index contributed by atoms with van der Waals surface area (Å²) < 4.78 is 20.0. The number of methoxy groups -OCH3 is 1. The number of halogens is 1. The van der Waals surface area contributed by atoms with Crippen molar-refractivity contribution in [3.63, 3.8) is 0 Å². The third-order valence-corrected chi connectivity index (χ3v) is 2.86. The molecule has 5 nitrogen and oxygen atoms in total. The number of aryl methyl sites for hydroxylation is 1. The van der Waals surface area contributed by atoms with Crippen LogP contribution in [0.2, 0.25) is 0 Å². The third kappa shape index (κ3) is 1.75. The van der Waals surface area contributed by atoms with Crippen molar-refractivity contribution in [1.29, 1.82) is 0 Å². The molecule has 1 aromatic carbocycles. The topological polar surface area (TPSA) is 73.3 Å². The summed E-state index contributed by atoms with van der Waals surface area (Å²) in [5.41, 5.74) is 7.16. The van der Waals surface area contributed by atoms with E-state index in [0.717, 1.165) is 0 Å². The standard InChI is InChI=1S/C12H14FN3O2/c1-6-7(9-5-10(14)16(2)15-9)4-8(13)12(18-3)11(6)17/h4-5,17H,14H2,1-3H3. The Balaban J connectivity index is 2.66. The highest BCUT2D eigenvalue weighted by atomic mass is 19.1. The van der Waals surface area contributed by atoms with Crippen molar-refractivity contribution in [2.75, 3.05) is 12.8 Å². The van der Waals surface area contributed by atoms with Crippen LogP contribution >= 0.6 is 0 Å². The van der Waals surface area contributed by atoms with Gasteiger partial charge in [0.2, 0.25) is 0 Å². The number of phenols is 1. The SMILES string of the molecule is COc1c(F)cc(-c2cc(N)n(C)n2)c(C)c1O. The number of anilines is 1. The second kappa shape index (κ2) is 4.21. The molecule has 6 heteroatoms. The van der Waals surface area contributed by atoms with E-state index in [1.807, 2.05) is 0 Å². The quantitative estimate of drug-likeness (QED) is 0.854. The first-order valence-corrected chi connectivity index (χ1v) is 5.31. The third-order valence-electron chi connectivity index (χ3n) is 2.86. The van der Waals surface area contributed by atoms with Crippen molar-refractivity contribution in [3.8, 4) is 22.8 Å². The molecule has 2 rings (SSSR count). The molecule has 0 radical (unpaired) electrons. The van der Waals surface area contributed by atoms with Crippen LogP contribution in [-0.2, 0) is 7.05 Å². The van der Waals surface area contributed by atoms with Gasteiger partial charge in [-0.1, -0.05) is 0 Å². The van der Waals surface area contributed by atoms with Gasteiger partial charge < -0.3 is 15.6 Å². The molecule has 0 aliphatic rings. The number of rotatable bonds is 2. The number of aromatic hydroxyl groups is 1. The Bertz CT molecular complexity index is 588. The largest absolute Gasteiger partial charge is 0.504 e. The molecule has 0 atom stereocenters. The van der Waals surface area contributed by atoms with E-state index in [4.69, 9.17) is 10.5 Å². The number of nitrogens with two attached hydrogens (primary N) is 1. The maximum atomic E-state index is 13.7. The van der Waals surface area contributed by atoms with E-state index in [2.05, 4.69) is 5.10 Å². The normalized spacial score (nSPS) is 10.7. The molecule has 0 fully saturated rings. The van der Waals surface area contributed by atoms with E-state index in [-0.39, 0.29) is 11.5 Å². The highest BCUT2D eigenvalue weighted by Crippen LogP contribution is 2.38. The number of aromatic nitrogens is 2. The Hall–Kier alpha value is -2.24. The van der Waals surface area contributed by atoms with Crippen LogP contribution < -0.4 is 10.5 Å². The fourth-order valence-electron chi connectivity index (χ4n) is 1.79. The lowest BCUT2D eigenvalue weighted by molar-refractivity contribution is 0.350. The van der Waals surface area contributed by atoms with Crippen molar-refractivity contribution in [2.24, 2.45) is 7.05 Å². The van der Waals surface area contributed by atoms with Crippen molar-refractivity contribution >= 4 is 5.82 Å².